The van der Waals surface area contributed by atoms with E-state index in [1.807, 2.05) is 6.26 Å². The van der Waals surface area contributed by atoms with Gasteiger partial charge in [0.2, 0.25) is 0 Å². The maximum atomic E-state index is 12.0. The van der Waals surface area contributed by atoms with Gasteiger partial charge < -0.3 is 16.2 Å². The monoisotopic (exact) mass is 346 g/mol. The first-order valence-electron chi connectivity index (χ1n) is 5.53. The van der Waals surface area contributed by atoms with E-state index in [0.717, 1.165) is 4.47 Å². The highest BCUT2D eigenvalue weighted by Gasteiger charge is 2.21. The number of hydrogen-bond acceptors (Lipinski definition) is 4. The van der Waals surface area contributed by atoms with E-state index in [2.05, 4.69) is 21.2 Å². The quantitative estimate of drug-likeness (QED) is 0.684. The van der Waals surface area contributed by atoms with E-state index in [9.17, 15) is 9.59 Å². The smallest absolute Gasteiger partial charge is 0.326 e. The number of amides is 1. The number of carboxylic acids is 1. The Hall–Kier alpha value is -1.21. The molecule has 0 aliphatic heterocycles. The summed E-state index contributed by atoms with van der Waals surface area (Å²) in [5.74, 6) is -0.857. The second kappa shape index (κ2) is 7.40. The molecule has 1 atom stereocenters. The van der Waals surface area contributed by atoms with Crippen LogP contribution in [0, 0.1) is 0 Å². The molecule has 0 aliphatic carbocycles. The maximum absolute atomic E-state index is 12.0. The summed E-state index contributed by atoms with van der Waals surface area (Å²) in [5.41, 5.74) is 6.31. The van der Waals surface area contributed by atoms with Gasteiger partial charge >= 0.3 is 5.97 Å². The molecule has 1 aromatic rings. The number of nitrogens with two attached hydrogens (primary N) is 1. The van der Waals surface area contributed by atoms with E-state index < -0.39 is 17.9 Å². The molecular weight excluding hydrogens is 332 g/mol. The normalized spacial score (nSPS) is 11.9. The number of thioether (sulfide) groups is 1. The lowest BCUT2D eigenvalue weighted by Crippen LogP contribution is -2.41. The predicted molar refractivity (Wildman–Crippen MR) is 80.4 cm³/mol. The van der Waals surface area contributed by atoms with Crippen molar-refractivity contribution in [2.45, 2.75) is 12.5 Å². The second-order valence-electron chi connectivity index (χ2n) is 3.88. The highest BCUT2D eigenvalue weighted by atomic mass is 79.9. The lowest BCUT2D eigenvalue weighted by molar-refractivity contribution is -0.139. The molecule has 5 nitrogen and oxygen atoms in total. The van der Waals surface area contributed by atoms with Crippen molar-refractivity contribution >= 4 is 45.3 Å². The van der Waals surface area contributed by atoms with E-state index in [4.69, 9.17) is 10.8 Å². The van der Waals surface area contributed by atoms with Crippen LogP contribution in [0.5, 0.6) is 0 Å². The van der Waals surface area contributed by atoms with Gasteiger partial charge in [-0.05, 0) is 36.6 Å². The summed E-state index contributed by atoms with van der Waals surface area (Å²) in [4.78, 5) is 23.0. The molecule has 4 N–H and O–H groups in total. The molecule has 104 valence electrons. The SMILES string of the molecule is CSCC[C@H](NC(=O)c1ccc(Br)cc1N)C(=O)O. The van der Waals surface area contributed by atoms with Gasteiger partial charge in [0, 0.05) is 10.2 Å². The fourth-order valence-corrected chi connectivity index (χ4v) is 2.32. The summed E-state index contributed by atoms with van der Waals surface area (Å²) in [7, 11) is 0. The van der Waals surface area contributed by atoms with E-state index in [1.54, 1.807) is 18.2 Å². The van der Waals surface area contributed by atoms with Gasteiger partial charge in [0.15, 0.2) is 0 Å². The number of halogens is 1. The molecule has 0 aliphatic rings. The van der Waals surface area contributed by atoms with Gasteiger partial charge in [-0.1, -0.05) is 15.9 Å². The van der Waals surface area contributed by atoms with E-state index >= 15 is 0 Å². The van der Waals surface area contributed by atoms with Crippen LogP contribution in [-0.4, -0.2) is 35.0 Å². The van der Waals surface area contributed by atoms with E-state index in [1.165, 1.54) is 11.8 Å². The van der Waals surface area contributed by atoms with Crippen molar-refractivity contribution in [3.8, 4) is 0 Å². The highest BCUT2D eigenvalue weighted by molar-refractivity contribution is 9.10. The van der Waals surface area contributed by atoms with Crippen molar-refractivity contribution in [3.63, 3.8) is 0 Å². The van der Waals surface area contributed by atoms with Crippen molar-refractivity contribution in [2.24, 2.45) is 0 Å². The van der Waals surface area contributed by atoms with Crippen LogP contribution in [0.1, 0.15) is 16.8 Å². The Kier molecular flexibility index (Phi) is 6.17. The Morgan fingerprint density at radius 1 is 1.53 bits per heavy atom. The minimum absolute atomic E-state index is 0.276. The minimum Gasteiger partial charge on any atom is -0.480 e. The van der Waals surface area contributed by atoms with Gasteiger partial charge in [-0.25, -0.2) is 4.79 Å². The third-order valence-electron chi connectivity index (χ3n) is 2.47. The van der Waals surface area contributed by atoms with Gasteiger partial charge in [-0.3, -0.25) is 4.79 Å². The number of carbonyl (C=O) groups is 2. The van der Waals surface area contributed by atoms with Gasteiger partial charge in [0.1, 0.15) is 6.04 Å². The summed E-state index contributed by atoms with van der Waals surface area (Å²) >= 11 is 4.77. The number of nitrogen functional groups attached to an aromatic ring is 1. The van der Waals surface area contributed by atoms with Crippen LogP contribution in [-0.2, 0) is 4.79 Å². The summed E-state index contributed by atoms with van der Waals surface area (Å²) in [6.07, 6.45) is 2.26. The second-order valence-corrected chi connectivity index (χ2v) is 5.78. The molecule has 0 aromatic heterocycles. The summed E-state index contributed by atoms with van der Waals surface area (Å²) in [6.45, 7) is 0. The number of carbonyl (C=O) groups excluding carboxylic acids is 1. The molecule has 1 rings (SSSR count). The molecule has 0 spiro atoms. The Morgan fingerprint density at radius 3 is 2.74 bits per heavy atom. The minimum atomic E-state index is -1.04. The van der Waals surface area contributed by atoms with Crippen LogP contribution in [0.15, 0.2) is 22.7 Å². The van der Waals surface area contributed by atoms with Gasteiger partial charge in [-0.2, -0.15) is 11.8 Å². The number of aliphatic carboxylic acids is 1. The van der Waals surface area contributed by atoms with Crippen LogP contribution in [0.3, 0.4) is 0 Å². The van der Waals surface area contributed by atoms with Crippen molar-refractivity contribution in [3.05, 3.63) is 28.2 Å². The van der Waals surface area contributed by atoms with Crippen molar-refractivity contribution in [1.82, 2.24) is 5.32 Å². The molecule has 19 heavy (non-hydrogen) atoms. The fourth-order valence-electron chi connectivity index (χ4n) is 1.47. The lowest BCUT2D eigenvalue weighted by Gasteiger charge is -2.14. The molecule has 0 heterocycles. The molecule has 1 amide bonds. The third kappa shape index (κ3) is 4.76. The van der Waals surface area contributed by atoms with Crippen LogP contribution >= 0.6 is 27.7 Å². The van der Waals surface area contributed by atoms with E-state index in [-0.39, 0.29) is 5.56 Å². The molecule has 0 fully saturated rings. The average Bonchev–Trinajstić information content (AvgIpc) is 2.33. The molecule has 0 unspecified atom stereocenters. The average molecular weight is 347 g/mol. The van der Waals surface area contributed by atoms with Crippen molar-refractivity contribution in [2.75, 3.05) is 17.7 Å². The van der Waals surface area contributed by atoms with Crippen LogP contribution in [0.4, 0.5) is 5.69 Å². The van der Waals surface area contributed by atoms with Gasteiger partial charge in [-0.15, -0.1) is 0 Å². The van der Waals surface area contributed by atoms with Crippen LogP contribution < -0.4 is 11.1 Å². The third-order valence-corrected chi connectivity index (χ3v) is 3.61. The molecular formula is C12H15BrN2O3S. The zero-order chi connectivity index (χ0) is 14.4. The van der Waals surface area contributed by atoms with Crippen molar-refractivity contribution in [1.29, 1.82) is 0 Å². The first-order chi connectivity index (χ1) is 8.95. The molecule has 0 saturated heterocycles. The number of rotatable bonds is 6. The Morgan fingerprint density at radius 2 is 2.21 bits per heavy atom. The molecule has 0 bridgehead atoms. The van der Waals surface area contributed by atoms with Crippen LogP contribution in [0.25, 0.3) is 0 Å². The number of benzene rings is 1. The number of anilines is 1. The number of hydrogen-bond donors (Lipinski definition) is 3. The first-order valence-corrected chi connectivity index (χ1v) is 7.72. The number of nitrogens with one attached hydrogen (secondary N) is 1. The Bertz CT molecular complexity index is 482. The molecule has 0 radical (unpaired) electrons. The molecule has 7 heteroatoms. The zero-order valence-electron chi connectivity index (χ0n) is 10.4. The van der Waals surface area contributed by atoms with Gasteiger partial charge in [0.25, 0.3) is 5.91 Å². The largest absolute Gasteiger partial charge is 0.480 e. The zero-order valence-corrected chi connectivity index (χ0v) is 12.8. The first kappa shape index (κ1) is 15.8. The van der Waals surface area contributed by atoms with Gasteiger partial charge in [0.05, 0.1) is 5.56 Å². The van der Waals surface area contributed by atoms with Crippen molar-refractivity contribution < 1.29 is 14.7 Å². The predicted octanol–water partition coefficient (Wildman–Crippen LogP) is 1.97. The topological polar surface area (TPSA) is 92.4 Å². The lowest BCUT2D eigenvalue weighted by atomic mass is 10.1. The maximum Gasteiger partial charge on any atom is 0.326 e. The fraction of sp³-hybridized carbons (Fsp3) is 0.333. The standard InChI is InChI=1S/C12H15BrN2O3S/c1-19-5-4-10(12(17)18)15-11(16)8-3-2-7(13)6-9(8)14/h2-3,6,10H,4-5,14H2,1H3,(H,15,16)(H,17,18)/t10-/m0/s1. The van der Waals surface area contributed by atoms with Crippen LogP contribution in [0.2, 0.25) is 0 Å². The van der Waals surface area contributed by atoms with E-state index in [0.29, 0.717) is 17.9 Å². The summed E-state index contributed by atoms with van der Waals surface area (Å²) in [6, 6.07) is 3.94. The number of carboxylic acid groups (broad SMARTS) is 1. The summed E-state index contributed by atoms with van der Waals surface area (Å²) < 4.78 is 0.763. The Labute approximate surface area is 124 Å². The summed E-state index contributed by atoms with van der Waals surface area (Å²) in [5, 5.41) is 11.5. The Balaban J connectivity index is 2.78. The molecule has 0 saturated carbocycles. The highest BCUT2D eigenvalue weighted by Crippen LogP contribution is 2.18. The molecule has 1 aromatic carbocycles.